The molecule has 1 aliphatic rings. The maximum atomic E-state index is 10.4. The minimum absolute atomic E-state index is 0.126. The van der Waals surface area contributed by atoms with Gasteiger partial charge in [-0.1, -0.05) is 31.0 Å². The molecule has 4 rings (SSSR count). The SMILES string of the molecule is O[C@H]1CCCC[C@@H]1n1c2ccccc2c2cncnc21. The van der Waals surface area contributed by atoms with Crippen LogP contribution < -0.4 is 0 Å². The van der Waals surface area contributed by atoms with Crippen LogP contribution in [0.1, 0.15) is 31.7 Å². The Hall–Kier alpha value is -1.94. The fraction of sp³-hybridized carbons (Fsp3) is 0.375. The van der Waals surface area contributed by atoms with Gasteiger partial charge in [-0.05, 0) is 18.9 Å². The van der Waals surface area contributed by atoms with Crippen LogP contribution in [-0.4, -0.2) is 25.7 Å². The van der Waals surface area contributed by atoms with Crippen molar-refractivity contribution in [1.82, 2.24) is 14.5 Å². The molecule has 2 aromatic heterocycles. The summed E-state index contributed by atoms with van der Waals surface area (Å²) in [5.41, 5.74) is 2.08. The van der Waals surface area contributed by atoms with Gasteiger partial charge in [-0.3, -0.25) is 0 Å². The molecule has 0 spiro atoms. The van der Waals surface area contributed by atoms with Crippen LogP contribution in [0.3, 0.4) is 0 Å². The van der Waals surface area contributed by atoms with E-state index in [1.165, 1.54) is 11.8 Å². The summed E-state index contributed by atoms with van der Waals surface area (Å²) in [7, 11) is 0. The van der Waals surface area contributed by atoms with Gasteiger partial charge in [0.15, 0.2) is 0 Å². The summed E-state index contributed by atoms with van der Waals surface area (Å²) in [6.45, 7) is 0. The van der Waals surface area contributed by atoms with Gasteiger partial charge in [0.2, 0.25) is 0 Å². The summed E-state index contributed by atoms with van der Waals surface area (Å²) >= 11 is 0. The first-order valence-corrected chi connectivity index (χ1v) is 7.23. The van der Waals surface area contributed by atoms with E-state index in [2.05, 4.69) is 26.7 Å². The molecule has 0 amide bonds. The van der Waals surface area contributed by atoms with Gasteiger partial charge in [0.25, 0.3) is 0 Å². The first-order valence-electron chi connectivity index (χ1n) is 7.23. The summed E-state index contributed by atoms with van der Waals surface area (Å²) in [6.07, 6.45) is 7.36. The number of fused-ring (bicyclic) bond motifs is 3. The van der Waals surface area contributed by atoms with Gasteiger partial charge in [-0.2, -0.15) is 0 Å². The fourth-order valence-electron chi connectivity index (χ4n) is 3.46. The summed E-state index contributed by atoms with van der Waals surface area (Å²) < 4.78 is 2.22. The number of aromatic nitrogens is 3. The van der Waals surface area contributed by atoms with Crippen molar-refractivity contribution >= 4 is 21.9 Å². The Morgan fingerprint density at radius 3 is 2.85 bits per heavy atom. The molecule has 0 unspecified atom stereocenters. The Morgan fingerprint density at radius 1 is 1.10 bits per heavy atom. The maximum absolute atomic E-state index is 10.4. The topological polar surface area (TPSA) is 50.9 Å². The lowest BCUT2D eigenvalue weighted by atomic mass is 9.92. The molecule has 2 atom stereocenters. The smallest absolute Gasteiger partial charge is 0.144 e. The molecule has 3 aromatic rings. The molecule has 0 radical (unpaired) electrons. The Bertz CT molecular complexity index is 711. The molecular weight excluding hydrogens is 250 g/mol. The highest BCUT2D eigenvalue weighted by atomic mass is 16.3. The van der Waals surface area contributed by atoms with Crippen molar-refractivity contribution in [2.24, 2.45) is 0 Å². The third-order valence-corrected chi connectivity index (χ3v) is 4.40. The van der Waals surface area contributed by atoms with Crippen LogP contribution in [0, 0.1) is 0 Å². The highest BCUT2D eigenvalue weighted by molar-refractivity contribution is 6.06. The molecular formula is C16H17N3O. The lowest BCUT2D eigenvalue weighted by Crippen LogP contribution is -2.27. The molecule has 1 fully saturated rings. The van der Waals surface area contributed by atoms with E-state index in [4.69, 9.17) is 0 Å². The Kier molecular flexibility index (Phi) is 2.70. The molecule has 1 aromatic carbocycles. The third-order valence-electron chi connectivity index (χ3n) is 4.40. The normalized spacial score (nSPS) is 23.4. The quantitative estimate of drug-likeness (QED) is 0.737. The predicted octanol–water partition coefficient (Wildman–Crippen LogP) is 3.06. The van der Waals surface area contributed by atoms with Crippen molar-refractivity contribution in [3.63, 3.8) is 0 Å². The second-order valence-electron chi connectivity index (χ2n) is 5.57. The standard InChI is InChI=1S/C16H17N3O/c20-15-8-4-3-7-14(15)19-13-6-2-1-5-11(13)12-9-17-10-18-16(12)19/h1-2,5-6,9-10,14-15,20H,3-4,7-8H2/t14-,15-/m0/s1. The number of hydrogen-bond donors (Lipinski definition) is 1. The van der Waals surface area contributed by atoms with Crippen molar-refractivity contribution in [3.05, 3.63) is 36.8 Å². The minimum Gasteiger partial charge on any atom is -0.391 e. The molecule has 1 saturated carbocycles. The number of nitrogens with zero attached hydrogens (tertiary/aromatic N) is 3. The summed E-state index contributed by atoms with van der Waals surface area (Å²) in [5.74, 6) is 0. The van der Waals surface area contributed by atoms with Crippen LogP contribution in [-0.2, 0) is 0 Å². The molecule has 4 nitrogen and oxygen atoms in total. The Morgan fingerprint density at radius 2 is 1.95 bits per heavy atom. The van der Waals surface area contributed by atoms with Gasteiger partial charge in [0.1, 0.15) is 12.0 Å². The lowest BCUT2D eigenvalue weighted by molar-refractivity contribution is 0.0792. The van der Waals surface area contributed by atoms with Gasteiger partial charge in [-0.25, -0.2) is 9.97 Å². The van der Waals surface area contributed by atoms with Crippen LogP contribution in [0.5, 0.6) is 0 Å². The van der Waals surface area contributed by atoms with Crippen molar-refractivity contribution in [3.8, 4) is 0 Å². The second-order valence-corrected chi connectivity index (χ2v) is 5.57. The molecule has 1 aliphatic carbocycles. The van der Waals surface area contributed by atoms with Crippen LogP contribution in [0.4, 0.5) is 0 Å². The summed E-state index contributed by atoms with van der Waals surface area (Å²) in [5, 5.41) is 12.6. The zero-order valence-corrected chi connectivity index (χ0v) is 11.2. The van der Waals surface area contributed by atoms with E-state index in [1.54, 1.807) is 6.33 Å². The largest absolute Gasteiger partial charge is 0.391 e. The highest BCUT2D eigenvalue weighted by Crippen LogP contribution is 2.36. The molecule has 0 saturated heterocycles. The zero-order chi connectivity index (χ0) is 13.5. The van der Waals surface area contributed by atoms with Gasteiger partial charge in [0, 0.05) is 17.0 Å². The van der Waals surface area contributed by atoms with Gasteiger partial charge in [-0.15, -0.1) is 0 Å². The second kappa shape index (κ2) is 4.56. The molecule has 0 bridgehead atoms. The first kappa shape index (κ1) is 11.9. The highest BCUT2D eigenvalue weighted by Gasteiger charge is 2.27. The van der Waals surface area contributed by atoms with E-state index < -0.39 is 0 Å². The molecule has 4 heteroatoms. The van der Waals surface area contributed by atoms with E-state index in [0.29, 0.717) is 0 Å². The van der Waals surface area contributed by atoms with E-state index in [-0.39, 0.29) is 12.1 Å². The fourth-order valence-corrected chi connectivity index (χ4v) is 3.46. The van der Waals surface area contributed by atoms with Gasteiger partial charge in [0.05, 0.1) is 17.7 Å². The van der Waals surface area contributed by atoms with Crippen LogP contribution in [0.2, 0.25) is 0 Å². The van der Waals surface area contributed by atoms with Crippen LogP contribution in [0.15, 0.2) is 36.8 Å². The number of rotatable bonds is 1. The average molecular weight is 267 g/mol. The third kappa shape index (κ3) is 1.64. The van der Waals surface area contributed by atoms with Crippen molar-refractivity contribution in [1.29, 1.82) is 0 Å². The number of benzene rings is 1. The Balaban J connectivity index is 2.04. The van der Waals surface area contributed by atoms with Crippen molar-refractivity contribution in [2.75, 3.05) is 0 Å². The number of hydrogen-bond acceptors (Lipinski definition) is 3. The summed E-state index contributed by atoms with van der Waals surface area (Å²) in [6, 6.07) is 8.42. The van der Waals surface area contributed by atoms with E-state index >= 15 is 0 Å². The van der Waals surface area contributed by atoms with E-state index in [0.717, 1.165) is 35.8 Å². The monoisotopic (exact) mass is 267 g/mol. The van der Waals surface area contributed by atoms with Crippen molar-refractivity contribution in [2.45, 2.75) is 37.8 Å². The summed E-state index contributed by atoms with van der Waals surface area (Å²) in [4.78, 5) is 8.62. The van der Waals surface area contributed by atoms with Gasteiger partial charge >= 0.3 is 0 Å². The average Bonchev–Trinajstić information content (AvgIpc) is 2.83. The van der Waals surface area contributed by atoms with E-state index in [9.17, 15) is 5.11 Å². The molecule has 1 N–H and O–H groups in total. The first-order chi connectivity index (χ1) is 9.86. The molecule has 102 valence electrons. The maximum Gasteiger partial charge on any atom is 0.144 e. The van der Waals surface area contributed by atoms with Gasteiger partial charge < -0.3 is 9.67 Å². The molecule has 20 heavy (non-hydrogen) atoms. The van der Waals surface area contributed by atoms with E-state index in [1.807, 2.05) is 18.3 Å². The minimum atomic E-state index is -0.280. The lowest BCUT2D eigenvalue weighted by Gasteiger charge is -2.29. The molecule has 0 aliphatic heterocycles. The predicted molar refractivity (Wildman–Crippen MR) is 78.5 cm³/mol. The zero-order valence-electron chi connectivity index (χ0n) is 11.2. The number of aliphatic hydroxyl groups is 1. The molecule has 2 heterocycles. The van der Waals surface area contributed by atoms with Crippen molar-refractivity contribution < 1.29 is 5.11 Å². The van der Waals surface area contributed by atoms with Crippen LogP contribution in [0.25, 0.3) is 21.9 Å². The number of para-hydroxylation sites is 1. The number of aliphatic hydroxyl groups excluding tert-OH is 1. The van der Waals surface area contributed by atoms with Crippen LogP contribution >= 0.6 is 0 Å². The Labute approximate surface area is 117 Å².